The van der Waals surface area contributed by atoms with E-state index in [1.54, 1.807) is 0 Å². The first-order valence-electron chi connectivity index (χ1n) is 6.99. The van der Waals surface area contributed by atoms with Crippen LogP contribution in [0.4, 0.5) is 4.79 Å². The van der Waals surface area contributed by atoms with Gasteiger partial charge in [0.15, 0.2) is 6.04 Å². The van der Waals surface area contributed by atoms with Gasteiger partial charge in [-0.2, -0.15) is 0 Å². The van der Waals surface area contributed by atoms with Crippen LogP contribution < -0.4 is 10.6 Å². The van der Waals surface area contributed by atoms with Crippen molar-refractivity contribution in [2.45, 2.75) is 57.5 Å². The predicted molar refractivity (Wildman–Crippen MR) is 70.8 cm³/mol. The van der Waals surface area contributed by atoms with Crippen molar-refractivity contribution in [2.75, 3.05) is 6.61 Å². The fourth-order valence-corrected chi connectivity index (χ4v) is 2.64. The van der Waals surface area contributed by atoms with Crippen molar-refractivity contribution in [1.29, 1.82) is 0 Å². The highest BCUT2D eigenvalue weighted by atomic mass is 16.4. The van der Waals surface area contributed by atoms with Crippen LogP contribution in [0.15, 0.2) is 0 Å². The molecule has 2 amide bonds. The lowest BCUT2D eigenvalue weighted by atomic mass is 9.83. The third-order valence-electron chi connectivity index (χ3n) is 3.76. The Labute approximate surface area is 113 Å². The minimum absolute atomic E-state index is 0.0773. The van der Waals surface area contributed by atoms with Crippen LogP contribution in [0.1, 0.15) is 45.4 Å². The molecule has 4 N–H and O–H groups in total. The summed E-state index contributed by atoms with van der Waals surface area (Å²) in [6, 6.07) is -1.68. The second-order valence-electron chi connectivity index (χ2n) is 5.10. The number of aliphatic carboxylic acids is 1. The number of urea groups is 1. The van der Waals surface area contributed by atoms with Gasteiger partial charge in [-0.3, -0.25) is 0 Å². The summed E-state index contributed by atoms with van der Waals surface area (Å²) in [4.78, 5) is 22.5. The zero-order valence-corrected chi connectivity index (χ0v) is 11.4. The Morgan fingerprint density at radius 2 is 1.84 bits per heavy atom. The lowest BCUT2D eigenvalue weighted by Crippen LogP contribution is -2.52. The number of carboxylic acid groups (broad SMARTS) is 1. The van der Waals surface area contributed by atoms with Crippen LogP contribution in [0.5, 0.6) is 0 Å². The summed E-state index contributed by atoms with van der Waals surface area (Å²) in [5.74, 6) is -0.759. The molecule has 6 heteroatoms. The van der Waals surface area contributed by atoms with Gasteiger partial charge in [0.1, 0.15) is 0 Å². The summed E-state index contributed by atoms with van der Waals surface area (Å²) in [6.07, 6.45) is 6.69. The van der Waals surface area contributed by atoms with Crippen molar-refractivity contribution in [1.82, 2.24) is 10.6 Å². The largest absolute Gasteiger partial charge is 0.480 e. The molecule has 1 saturated carbocycles. The van der Waals surface area contributed by atoms with E-state index in [4.69, 9.17) is 10.2 Å². The van der Waals surface area contributed by atoms with Gasteiger partial charge in [-0.25, -0.2) is 9.59 Å². The fraction of sp³-hybridized carbons (Fsp3) is 0.846. The molecule has 19 heavy (non-hydrogen) atoms. The summed E-state index contributed by atoms with van der Waals surface area (Å²) >= 11 is 0. The minimum atomic E-state index is -1.25. The van der Waals surface area contributed by atoms with Crippen molar-refractivity contribution < 1.29 is 19.8 Å². The van der Waals surface area contributed by atoms with E-state index in [0.717, 1.165) is 19.3 Å². The molecule has 110 valence electrons. The Balaban J connectivity index is 2.45. The van der Waals surface area contributed by atoms with Crippen molar-refractivity contribution >= 4 is 12.0 Å². The van der Waals surface area contributed by atoms with E-state index in [9.17, 15) is 9.59 Å². The van der Waals surface area contributed by atoms with E-state index in [2.05, 4.69) is 10.6 Å². The molecular weight excluding hydrogens is 248 g/mol. The molecule has 2 atom stereocenters. The molecule has 1 aliphatic rings. The van der Waals surface area contributed by atoms with Crippen LogP contribution in [0, 0.1) is 5.92 Å². The van der Waals surface area contributed by atoms with E-state index in [1.807, 2.05) is 6.92 Å². The van der Waals surface area contributed by atoms with Crippen molar-refractivity contribution in [3.8, 4) is 0 Å². The van der Waals surface area contributed by atoms with Crippen LogP contribution >= 0.6 is 0 Å². The molecule has 0 bridgehead atoms. The summed E-state index contributed by atoms with van der Waals surface area (Å²) in [5, 5.41) is 22.7. The van der Waals surface area contributed by atoms with Gasteiger partial charge in [0.2, 0.25) is 0 Å². The number of nitrogens with one attached hydrogen (secondary N) is 2. The SMILES string of the molecule is CCC(NC(=O)N[C@H](CO)C(=O)O)C1CCCCC1. The lowest BCUT2D eigenvalue weighted by Gasteiger charge is -2.30. The maximum Gasteiger partial charge on any atom is 0.328 e. The van der Waals surface area contributed by atoms with Crippen LogP contribution in [0.2, 0.25) is 0 Å². The average Bonchev–Trinajstić information content (AvgIpc) is 2.42. The van der Waals surface area contributed by atoms with Gasteiger partial charge in [-0.05, 0) is 25.2 Å². The number of carboxylic acids is 1. The molecule has 1 rings (SSSR count). The molecule has 0 aromatic carbocycles. The zero-order valence-electron chi connectivity index (χ0n) is 11.4. The van der Waals surface area contributed by atoms with E-state index in [1.165, 1.54) is 19.3 Å². The summed E-state index contributed by atoms with van der Waals surface area (Å²) in [6.45, 7) is 1.41. The molecule has 0 saturated heterocycles. The van der Waals surface area contributed by atoms with Crippen LogP contribution in [-0.4, -0.2) is 40.9 Å². The van der Waals surface area contributed by atoms with Crippen molar-refractivity contribution in [3.05, 3.63) is 0 Å². The Morgan fingerprint density at radius 1 is 1.21 bits per heavy atom. The molecule has 0 aromatic heterocycles. The third-order valence-corrected chi connectivity index (χ3v) is 3.76. The Morgan fingerprint density at radius 3 is 2.32 bits per heavy atom. The van der Waals surface area contributed by atoms with Gasteiger partial charge in [-0.1, -0.05) is 26.2 Å². The second kappa shape index (κ2) is 7.99. The molecule has 0 radical (unpaired) electrons. The lowest BCUT2D eigenvalue weighted by molar-refractivity contribution is -0.140. The zero-order chi connectivity index (χ0) is 14.3. The summed E-state index contributed by atoms with van der Waals surface area (Å²) in [7, 11) is 0. The Hall–Kier alpha value is -1.30. The second-order valence-corrected chi connectivity index (χ2v) is 5.10. The van der Waals surface area contributed by atoms with Crippen LogP contribution in [0.3, 0.4) is 0 Å². The van der Waals surface area contributed by atoms with Gasteiger partial charge in [0.05, 0.1) is 6.61 Å². The molecule has 1 unspecified atom stereocenters. The minimum Gasteiger partial charge on any atom is -0.480 e. The van der Waals surface area contributed by atoms with Gasteiger partial charge in [0, 0.05) is 6.04 Å². The monoisotopic (exact) mass is 272 g/mol. The van der Waals surface area contributed by atoms with Crippen molar-refractivity contribution in [3.63, 3.8) is 0 Å². The Kier molecular flexibility index (Phi) is 6.62. The standard InChI is InChI=1S/C13H24N2O4/c1-2-10(9-6-4-3-5-7-9)14-13(19)15-11(8-16)12(17)18/h9-11,16H,2-8H2,1H3,(H,17,18)(H2,14,15,19)/t10?,11-/m1/s1. The normalized spacial score (nSPS) is 19.5. The molecule has 1 fully saturated rings. The van der Waals surface area contributed by atoms with Crippen LogP contribution in [0.25, 0.3) is 0 Å². The third kappa shape index (κ3) is 5.06. The topological polar surface area (TPSA) is 98.7 Å². The maximum atomic E-state index is 11.7. The van der Waals surface area contributed by atoms with Crippen molar-refractivity contribution in [2.24, 2.45) is 5.92 Å². The van der Waals surface area contributed by atoms with Crippen LogP contribution in [-0.2, 0) is 4.79 Å². The molecule has 0 aromatic rings. The number of aliphatic hydroxyl groups excluding tert-OH is 1. The first-order valence-corrected chi connectivity index (χ1v) is 6.99. The number of hydrogen-bond donors (Lipinski definition) is 4. The number of rotatable bonds is 6. The van der Waals surface area contributed by atoms with E-state index in [0.29, 0.717) is 5.92 Å². The molecule has 0 heterocycles. The highest BCUT2D eigenvalue weighted by Gasteiger charge is 2.25. The molecule has 0 aliphatic heterocycles. The first kappa shape index (κ1) is 15.8. The quantitative estimate of drug-likeness (QED) is 0.581. The van der Waals surface area contributed by atoms with E-state index < -0.39 is 24.6 Å². The fourth-order valence-electron chi connectivity index (χ4n) is 2.64. The van der Waals surface area contributed by atoms with E-state index >= 15 is 0 Å². The maximum absolute atomic E-state index is 11.7. The highest BCUT2D eigenvalue weighted by Crippen LogP contribution is 2.27. The molecule has 1 aliphatic carbocycles. The van der Waals surface area contributed by atoms with Gasteiger partial charge < -0.3 is 20.8 Å². The number of aliphatic hydroxyl groups is 1. The summed E-state index contributed by atoms with van der Waals surface area (Å²) < 4.78 is 0. The number of carbonyl (C=O) groups excluding carboxylic acids is 1. The average molecular weight is 272 g/mol. The predicted octanol–water partition coefficient (Wildman–Crippen LogP) is 1.09. The van der Waals surface area contributed by atoms with Gasteiger partial charge in [0.25, 0.3) is 0 Å². The van der Waals surface area contributed by atoms with Gasteiger partial charge >= 0.3 is 12.0 Å². The number of amides is 2. The first-order chi connectivity index (χ1) is 9.08. The van der Waals surface area contributed by atoms with E-state index in [-0.39, 0.29) is 6.04 Å². The molecular formula is C13H24N2O4. The molecule has 6 nitrogen and oxygen atoms in total. The number of carbonyl (C=O) groups is 2. The number of hydrogen-bond acceptors (Lipinski definition) is 3. The Bertz CT molecular complexity index is 303. The van der Waals surface area contributed by atoms with Gasteiger partial charge in [-0.15, -0.1) is 0 Å². The molecule has 0 spiro atoms. The smallest absolute Gasteiger partial charge is 0.328 e. The highest BCUT2D eigenvalue weighted by molar-refractivity contribution is 5.82. The summed E-state index contributed by atoms with van der Waals surface area (Å²) in [5.41, 5.74) is 0.